The number of hydrogen-bond acceptors (Lipinski definition) is 4. The molecule has 2 heterocycles. The molecule has 0 radical (unpaired) electrons. The van der Waals surface area contributed by atoms with E-state index in [0.717, 1.165) is 23.4 Å². The highest BCUT2D eigenvalue weighted by Crippen LogP contribution is 2.27. The monoisotopic (exact) mass is 467 g/mol. The summed E-state index contributed by atoms with van der Waals surface area (Å²) >= 11 is 11.5. The molecule has 1 fully saturated rings. The van der Waals surface area contributed by atoms with Crippen LogP contribution in [0.15, 0.2) is 59.0 Å². The molecule has 1 amide bonds. The highest BCUT2D eigenvalue weighted by Gasteiger charge is 2.18. The number of carbonyl (C=O) groups is 1. The number of halogens is 1. The highest BCUT2D eigenvalue weighted by molar-refractivity contribution is 7.80. The maximum absolute atomic E-state index is 12.5. The molecule has 1 saturated heterocycles. The summed E-state index contributed by atoms with van der Waals surface area (Å²) < 4.78 is 5.71. The zero-order chi connectivity index (χ0) is 22.7. The lowest BCUT2D eigenvalue weighted by Crippen LogP contribution is -2.37. The van der Waals surface area contributed by atoms with Gasteiger partial charge in [-0.05, 0) is 93.4 Å². The van der Waals surface area contributed by atoms with Crippen LogP contribution in [0.5, 0.6) is 0 Å². The van der Waals surface area contributed by atoms with Crippen LogP contribution >= 0.6 is 23.8 Å². The van der Waals surface area contributed by atoms with Crippen molar-refractivity contribution in [2.75, 3.05) is 16.8 Å². The van der Waals surface area contributed by atoms with E-state index in [4.69, 9.17) is 28.2 Å². The topological polar surface area (TPSA) is 57.5 Å². The van der Waals surface area contributed by atoms with E-state index in [1.165, 1.54) is 24.9 Å². The van der Waals surface area contributed by atoms with Crippen LogP contribution in [0.4, 0.5) is 11.4 Å². The largest absolute Gasteiger partial charge is 0.451 e. The minimum atomic E-state index is -0.411. The van der Waals surface area contributed by atoms with Gasteiger partial charge in [0.05, 0.1) is 0 Å². The summed E-state index contributed by atoms with van der Waals surface area (Å²) in [6.45, 7) is 5.29. The number of thiocarbonyl (C=S) groups is 1. The number of aryl methyl sites for hydroxylation is 1. The molecule has 0 saturated carbocycles. The van der Waals surface area contributed by atoms with Gasteiger partial charge in [0.2, 0.25) is 0 Å². The molecule has 1 unspecified atom stereocenters. The number of rotatable bonds is 4. The fourth-order valence-electron chi connectivity index (χ4n) is 3.91. The van der Waals surface area contributed by atoms with E-state index in [9.17, 15) is 4.79 Å². The van der Waals surface area contributed by atoms with Crippen molar-refractivity contribution in [3.8, 4) is 11.3 Å². The number of amides is 1. The molecule has 0 bridgehead atoms. The van der Waals surface area contributed by atoms with Gasteiger partial charge in [0.25, 0.3) is 5.91 Å². The second-order valence-corrected chi connectivity index (χ2v) is 8.94. The van der Waals surface area contributed by atoms with Crippen LogP contribution in [0.1, 0.15) is 42.3 Å². The Balaban J connectivity index is 1.35. The minimum absolute atomic E-state index is 0.176. The number of nitrogens with zero attached hydrogens (tertiary/aromatic N) is 1. The zero-order valence-corrected chi connectivity index (χ0v) is 19.7. The van der Waals surface area contributed by atoms with E-state index in [2.05, 4.69) is 34.6 Å². The van der Waals surface area contributed by atoms with Crippen molar-refractivity contribution in [3.05, 3.63) is 70.9 Å². The maximum Gasteiger partial charge on any atom is 0.293 e. The van der Waals surface area contributed by atoms with E-state index in [-0.39, 0.29) is 10.9 Å². The van der Waals surface area contributed by atoms with E-state index >= 15 is 0 Å². The molecule has 7 heteroatoms. The van der Waals surface area contributed by atoms with Crippen molar-refractivity contribution in [1.82, 2.24) is 5.32 Å². The van der Waals surface area contributed by atoms with Gasteiger partial charge in [-0.25, -0.2) is 0 Å². The second kappa shape index (κ2) is 9.76. The van der Waals surface area contributed by atoms with E-state index in [1.54, 1.807) is 12.1 Å². The van der Waals surface area contributed by atoms with Crippen LogP contribution in [0.2, 0.25) is 5.02 Å². The first-order valence-electron chi connectivity index (χ1n) is 10.8. The molecule has 5 nitrogen and oxygen atoms in total. The van der Waals surface area contributed by atoms with Crippen molar-refractivity contribution < 1.29 is 9.21 Å². The van der Waals surface area contributed by atoms with E-state index in [0.29, 0.717) is 16.8 Å². The molecule has 1 aliphatic heterocycles. The van der Waals surface area contributed by atoms with Crippen LogP contribution in [-0.2, 0) is 0 Å². The van der Waals surface area contributed by atoms with Crippen LogP contribution in [0.25, 0.3) is 11.3 Å². The van der Waals surface area contributed by atoms with Crippen LogP contribution < -0.4 is 15.5 Å². The first-order valence-corrected chi connectivity index (χ1v) is 11.5. The number of anilines is 2. The summed E-state index contributed by atoms with van der Waals surface area (Å²) in [6.07, 6.45) is 3.74. The fraction of sp³-hybridized carbons (Fsp3) is 0.280. The van der Waals surface area contributed by atoms with E-state index < -0.39 is 5.91 Å². The Morgan fingerprint density at radius 1 is 1.12 bits per heavy atom. The summed E-state index contributed by atoms with van der Waals surface area (Å²) in [4.78, 5) is 15.0. The number of carbonyl (C=O) groups excluding carboxylic acids is 1. The SMILES string of the molecule is Cc1ccc(-c2ccc(C(=O)NC(=S)Nc3ccc(N4CCCCC4C)cc3)o2)cc1Cl. The van der Waals surface area contributed by atoms with Gasteiger partial charge in [-0.2, -0.15) is 0 Å². The first kappa shape index (κ1) is 22.4. The Kier molecular flexibility index (Phi) is 6.82. The highest BCUT2D eigenvalue weighted by atomic mass is 35.5. The Bertz CT molecular complexity index is 1130. The number of piperidine rings is 1. The number of furan rings is 1. The van der Waals surface area contributed by atoms with Crippen LogP contribution in [-0.4, -0.2) is 23.6 Å². The summed E-state index contributed by atoms with van der Waals surface area (Å²) in [5, 5.41) is 6.59. The molecule has 1 aromatic heterocycles. The van der Waals surface area contributed by atoms with E-state index in [1.807, 2.05) is 37.3 Å². The average molecular weight is 468 g/mol. The summed E-state index contributed by atoms with van der Waals surface area (Å²) in [6, 6.07) is 17.7. The molecule has 2 aromatic carbocycles. The third-order valence-electron chi connectivity index (χ3n) is 5.77. The molecule has 1 aliphatic rings. The van der Waals surface area contributed by atoms with Gasteiger partial charge in [-0.1, -0.05) is 23.7 Å². The van der Waals surface area contributed by atoms with Gasteiger partial charge in [0.15, 0.2) is 10.9 Å². The predicted molar refractivity (Wildman–Crippen MR) is 135 cm³/mol. The van der Waals surface area contributed by atoms with Crippen LogP contribution in [0, 0.1) is 6.92 Å². The van der Waals surface area contributed by atoms with Gasteiger partial charge < -0.3 is 14.6 Å². The normalized spacial score (nSPS) is 16.0. The fourth-order valence-corrected chi connectivity index (χ4v) is 4.30. The predicted octanol–water partition coefficient (Wildman–Crippen LogP) is 6.41. The van der Waals surface area contributed by atoms with Crippen molar-refractivity contribution in [2.24, 2.45) is 0 Å². The third kappa shape index (κ3) is 5.14. The molecule has 1 atom stereocenters. The van der Waals surface area contributed by atoms with Gasteiger partial charge in [-0.15, -0.1) is 0 Å². The Morgan fingerprint density at radius 2 is 1.91 bits per heavy atom. The lowest BCUT2D eigenvalue weighted by molar-refractivity contribution is 0.0951. The van der Waals surface area contributed by atoms with Gasteiger partial charge in [-0.3, -0.25) is 10.1 Å². The molecule has 0 spiro atoms. The Labute approximate surface area is 198 Å². The maximum atomic E-state index is 12.5. The molecule has 2 N–H and O–H groups in total. The third-order valence-corrected chi connectivity index (χ3v) is 6.38. The van der Waals surface area contributed by atoms with Crippen molar-refractivity contribution >= 4 is 46.2 Å². The van der Waals surface area contributed by atoms with Gasteiger partial charge in [0, 0.05) is 34.5 Å². The molecule has 0 aliphatic carbocycles. The number of hydrogen-bond donors (Lipinski definition) is 2. The van der Waals surface area contributed by atoms with Crippen LogP contribution in [0.3, 0.4) is 0 Å². The molecular weight excluding hydrogens is 442 g/mol. The minimum Gasteiger partial charge on any atom is -0.451 e. The second-order valence-electron chi connectivity index (χ2n) is 8.12. The standard InChI is InChI=1S/C25H26ClN3O2S/c1-16-6-7-18(15-21(16)26)22-12-13-23(31-22)24(30)28-25(32)27-19-8-10-20(11-9-19)29-14-4-3-5-17(29)2/h6-13,15,17H,3-5,14H2,1-2H3,(H2,27,28,30,32). The summed E-state index contributed by atoms with van der Waals surface area (Å²) in [5.74, 6) is 0.333. The molecule has 4 rings (SSSR count). The first-order chi connectivity index (χ1) is 15.4. The summed E-state index contributed by atoms with van der Waals surface area (Å²) in [7, 11) is 0. The quantitative estimate of drug-likeness (QED) is 0.434. The van der Waals surface area contributed by atoms with Crippen molar-refractivity contribution in [2.45, 2.75) is 39.2 Å². The number of nitrogens with one attached hydrogen (secondary N) is 2. The Morgan fingerprint density at radius 3 is 2.62 bits per heavy atom. The average Bonchev–Trinajstić information content (AvgIpc) is 3.27. The molecule has 166 valence electrons. The smallest absolute Gasteiger partial charge is 0.293 e. The molecule has 32 heavy (non-hydrogen) atoms. The zero-order valence-electron chi connectivity index (χ0n) is 18.2. The lowest BCUT2D eigenvalue weighted by Gasteiger charge is -2.35. The number of benzene rings is 2. The van der Waals surface area contributed by atoms with Gasteiger partial charge in [0.1, 0.15) is 5.76 Å². The Hall–Kier alpha value is -2.83. The molecule has 3 aromatic rings. The lowest BCUT2D eigenvalue weighted by atomic mass is 10.0. The summed E-state index contributed by atoms with van der Waals surface area (Å²) in [5.41, 5.74) is 3.81. The molecular formula is C25H26ClN3O2S. The van der Waals surface area contributed by atoms with Crippen molar-refractivity contribution in [1.29, 1.82) is 0 Å². The van der Waals surface area contributed by atoms with Crippen molar-refractivity contribution in [3.63, 3.8) is 0 Å². The van der Waals surface area contributed by atoms with Gasteiger partial charge >= 0.3 is 0 Å².